The molecule has 1 fully saturated rings. The van der Waals surface area contributed by atoms with Crippen LogP contribution in [0.4, 0.5) is 10.6 Å². The van der Waals surface area contributed by atoms with Crippen LogP contribution in [-0.2, 0) is 22.0 Å². The molecule has 0 radical (unpaired) electrons. The Morgan fingerprint density at radius 3 is 2.54 bits per heavy atom. The number of imidazole rings is 1. The van der Waals surface area contributed by atoms with Crippen LogP contribution >= 0.6 is 22.7 Å². The highest BCUT2D eigenvalue weighted by molar-refractivity contribution is 7.31. The number of anilines is 1. The number of aromatic nitrogens is 5. The van der Waals surface area contributed by atoms with E-state index in [9.17, 15) is 14.7 Å². The number of hydrogen-bond acceptors (Lipinski definition) is 8. The number of fused-ring (bicyclic) bond motifs is 2. The third kappa shape index (κ3) is 4.45. The Morgan fingerprint density at radius 2 is 1.80 bits per heavy atom. The average Bonchev–Trinajstić information content (AvgIpc) is 3.20. The van der Waals surface area contributed by atoms with Crippen LogP contribution in [0.3, 0.4) is 0 Å². The molecule has 4 heterocycles. The first-order valence-corrected chi connectivity index (χ1v) is 14.6. The molecule has 4 aromatic heterocycles. The summed E-state index contributed by atoms with van der Waals surface area (Å²) in [5.74, 6) is 0.158. The normalized spacial score (nSPS) is 14.8. The quantitative estimate of drug-likeness (QED) is 0.189. The number of nitrogens with one attached hydrogen (secondary N) is 2. The Hall–Kier alpha value is -4.55. The Morgan fingerprint density at radius 1 is 1.07 bits per heavy atom. The van der Waals surface area contributed by atoms with Crippen molar-refractivity contribution in [2.24, 2.45) is 7.05 Å². The number of aromatic amines is 1. The number of aliphatic carboxylic acids is 1. The van der Waals surface area contributed by atoms with E-state index in [1.807, 2.05) is 55.5 Å². The van der Waals surface area contributed by atoms with Crippen LogP contribution < -0.4 is 5.32 Å². The van der Waals surface area contributed by atoms with E-state index in [1.165, 1.54) is 4.68 Å². The van der Waals surface area contributed by atoms with E-state index in [0.29, 0.717) is 30.2 Å². The lowest BCUT2D eigenvalue weighted by atomic mass is 10.1. The number of H-pyrrole nitrogens is 1. The van der Waals surface area contributed by atoms with E-state index in [-0.39, 0.29) is 0 Å². The Kier molecular flexibility index (Phi) is 5.91. The third-order valence-corrected chi connectivity index (χ3v) is 9.77. The number of nitrogens with zero attached hydrogens (tertiary/aromatic N) is 4. The molecule has 1 atom stereocenters. The largest absolute Gasteiger partial charge is 0.480 e. The summed E-state index contributed by atoms with van der Waals surface area (Å²) in [6.45, 7) is 1.82. The molecule has 0 bridgehead atoms. The summed E-state index contributed by atoms with van der Waals surface area (Å²) in [7, 11) is 1.72. The maximum atomic E-state index is 12.7. The van der Waals surface area contributed by atoms with E-state index >= 15 is 0 Å². The van der Waals surface area contributed by atoms with Gasteiger partial charge < -0.3 is 14.8 Å². The van der Waals surface area contributed by atoms with Crippen LogP contribution in [0.5, 0.6) is 0 Å². The third-order valence-electron chi connectivity index (χ3n) is 7.42. The van der Waals surface area contributed by atoms with Gasteiger partial charge >= 0.3 is 12.1 Å². The second-order valence-electron chi connectivity index (χ2n) is 10.1. The molecule has 10 nitrogen and oxygen atoms in total. The van der Waals surface area contributed by atoms with Gasteiger partial charge in [0.1, 0.15) is 23.0 Å². The number of carbonyl (C=O) groups is 2. The van der Waals surface area contributed by atoms with E-state index < -0.39 is 23.6 Å². The predicted octanol–water partition coefficient (Wildman–Crippen LogP) is 6.73. The lowest BCUT2D eigenvalue weighted by Crippen LogP contribution is -2.20. The van der Waals surface area contributed by atoms with Crippen molar-refractivity contribution in [3.05, 3.63) is 72.1 Å². The number of thiophene rings is 2. The summed E-state index contributed by atoms with van der Waals surface area (Å²) in [6.07, 6.45) is 0.220. The SMILES string of the molecule is C[C@@H](OC(=O)Nc1c(-c2cc3sc(-c4ccc5[nH]c(C6(C(=O)O)CC6)nc5c4)cc3s2)nnn1C)c1ccccc1. The van der Waals surface area contributed by atoms with Crippen molar-refractivity contribution in [3.63, 3.8) is 0 Å². The highest BCUT2D eigenvalue weighted by Crippen LogP contribution is 2.48. The maximum absolute atomic E-state index is 12.7. The van der Waals surface area contributed by atoms with Gasteiger partial charge in [-0.15, -0.1) is 27.8 Å². The van der Waals surface area contributed by atoms with Gasteiger partial charge in [0, 0.05) is 21.3 Å². The number of ether oxygens (including phenoxy) is 1. The molecule has 3 N–H and O–H groups in total. The minimum atomic E-state index is -0.869. The standard InChI is InChI=1S/C29H24N6O4S2/c1-15(16-6-4-3-5-7-16)39-28(38)32-25-24(33-34-35(25)2)23-14-22-21(41-23)13-20(40-22)17-8-9-18-19(12-17)31-26(30-18)29(10-11-29)27(36)37/h3-9,12-15H,10-11H2,1-2H3,(H,30,31)(H,32,38)(H,36,37)/t15-/m1/s1. The molecule has 1 amide bonds. The number of carboxylic acid groups (broad SMARTS) is 1. The smallest absolute Gasteiger partial charge is 0.413 e. The van der Waals surface area contributed by atoms with Crippen LogP contribution in [-0.4, -0.2) is 42.1 Å². The average molecular weight is 585 g/mol. The second kappa shape index (κ2) is 9.53. The number of rotatable bonds is 7. The molecule has 2 aromatic carbocycles. The van der Waals surface area contributed by atoms with Gasteiger partial charge in [0.25, 0.3) is 0 Å². The molecule has 41 heavy (non-hydrogen) atoms. The van der Waals surface area contributed by atoms with Gasteiger partial charge in [-0.2, -0.15) is 0 Å². The van der Waals surface area contributed by atoms with Crippen molar-refractivity contribution in [2.45, 2.75) is 31.3 Å². The van der Waals surface area contributed by atoms with E-state index in [0.717, 1.165) is 41.3 Å². The van der Waals surface area contributed by atoms with E-state index in [2.05, 4.69) is 37.7 Å². The highest BCUT2D eigenvalue weighted by Gasteiger charge is 2.54. The maximum Gasteiger partial charge on any atom is 0.413 e. The summed E-state index contributed by atoms with van der Waals surface area (Å²) < 4.78 is 9.27. The Bertz CT molecular complexity index is 1920. The van der Waals surface area contributed by atoms with Crippen LogP contribution in [0.25, 0.3) is 41.4 Å². The number of benzene rings is 2. The molecular formula is C29H24N6O4S2. The molecule has 0 spiro atoms. The summed E-state index contributed by atoms with van der Waals surface area (Å²) >= 11 is 3.22. The zero-order chi connectivity index (χ0) is 28.3. The number of carbonyl (C=O) groups excluding carboxylic acids is 1. The summed E-state index contributed by atoms with van der Waals surface area (Å²) in [5, 5.41) is 20.9. The molecule has 0 saturated heterocycles. The predicted molar refractivity (Wildman–Crippen MR) is 158 cm³/mol. The first-order valence-electron chi connectivity index (χ1n) is 13.0. The van der Waals surface area contributed by atoms with Gasteiger partial charge in [-0.05, 0) is 55.2 Å². The monoisotopic (exact) mass is 584 g/mol. The molecule has 6 aromatic rings. The molecule has 12 heteroatoms. The number of carboxylic acids is 1. The molecular weight excluding hydrogens is 560 g/mol. The first-order chi connectivity index (χ1) is 19.8. The minimum absolute atomic E-state index is 0.411. The Balaban J connectivity index is 1.12. The molecule has 206 valence electrons. The minimum Gasteiger partial charge on any atom is -0.480 e. The fourth-order valence-corrected chi connectivity index (χ4v) is 7.28. The molecule has 0 unspecified atom stereocenters. The fourth-order valence-electron chi connectivity index (χ4n) is 4.90. The molecule has 0 aliphatic heterocycles. The van der Waals surface area contributed by atoms with Crippen LogP contribution in [0, 0.1) is 0 Å². The lowest BCUT2D eigenvalue weighted by Gasteiger charge is -2.14. The second-order valence-corrected chi connectivity index (χ2v) is 12.3. The van der Waals surface area contributed by atoms with Crippen molar-refractivity contribution in [1.29, 1.82) is 0 Å². The Labute approximate surface area is 241 Å². The topological polar surface area (TPSA) is 135 Å². The molecule has 1 saturated carbocycles. The summed E-state index contributed by atoms with van der Waals surface area (Å²) in [4.78, 5) is 34.2. The lowest BCUT2D eigenvalue weighted by molar-refractivity contribution is -0.140. The van der Waals surface area contributed by atoms with Gasteiger partial charge in [-0.3, -0.25) is 10.1 Å². The van der Waals surface area contributed by atoms with Crippen molar-refractivity contribution in [1.82, 2.24) is 25.0 Å². The van der Waals surface area contributed by atoms with Crippen LogP contribution in [0.15, 0.2) is 60.7 Å². The zero-order valence-electron chi connectivity index (χ0n) is 22.0. The summed E-state index contributed by atoms with van der Waals surface area (Å²) in [6, 6.07) is 19.7. The van der Waals surface area contributed by atoms with Gasteiger partial charge in [-0.1, -0.05) is 41.6 Å². The van der Waals surface area contributed by atoms with Crippen LogP contribution in [0.1, 0.15) is 37.3 Å². The van der Waals surface area contributed by atoms with Gasteiger partial charge in [0.05, 0.1) is 15.9 Å². The summed E-state index contributed by atoms with van der Waals surface area (Å²) in [5.41, 5.74) is 3.21. The van der Waals surface area contributed by atoms with Gasteiger partial charge in [-0.25, -0.2) is 14.5 Å². The first kappa shape index (κ1) is 25.4. The van der Waals surface area contributed by atoms with Crippen molar-refractivity contribution < 1.29 is 19.4 Å². The number of amides is 1. The van der Waals surface area contributed by atoms with E-state index in [1.54, 1.807) is 29.7 Å². The number of aryl methyl sites for hydroxylation is 1. The zero-order valence-corrected chi connectivity index (χ0v) is 23.7. The van der Waals surface area contributed by atoms with Crippen molar-refractivity contribution in [2.75, 3.05) is 5.32 Å². The molecule has 1 aliphatic rings. The van der Waals surface area contributed by atoms with Gasteiger partial charge in [0.2, 0.25) is 0 Å². The van der Waals surface area contributed by atoms with E-state index in [4.69, 9.17) is 4.74 Å². The van der Waals surface area contributed by atoms with Gasteiger partial charge in [0.15, 0.2) is 5.82 Å². The van der Waals surface area contributed by atoms with Crippen molar-refractivity contribution in [3.8, 4) is 21.0 Å². The highest BCUT2D eigenvalue weighted by atomic mass is 32.1. The number of hydrogen-bond donors (Lipinski definition) is 3. The molecule has 7 rings (SSSR count). The fraction of sp³-hybridized carbons (Fsp3) is 0.207. The van der Waals surface area contributed by atoms with Crippen molar-refractivity contribution >= 4 is 61.0 Å². The molecule has 1 aliphatic carbocycles. The van der Waals surface area contributed by atoms with Crippen LogP contribution in [0.2, 0.25) is 0 Å².